The maximum absolute atomic E-state index is 12.9. The Morgan fingerprint density at radius 2 is 1.80 bits per heavy atom. The van der Waals surface area contributed by atoms with Crippen LogP contribution >= 0.6 is 15.9 Å². The Kier molecular flexibility index (Phi) is 7.35. The van der Waals surface area contributed by atoms with E-state index in [9.17, 15) is 19.7 Å². The van der Waals surface area contributed by atoms with E-state index in [0.717, 1.165) is 32.1 Å². The number of carbonyl (C=O) groups excluding carboxylic acids is 2. The molecule has 1 aliphatic carbocycles. The van der Waals surface area contributed by atoms with Gasteiger partial charge in [-0.15, -0.1) is 0 Å². The number of nitro benzene ring substituents is 1. The van der Waals surface area contributed by atoms with Crippen molar-refractivity contribution in [1.82, 2.24) is 10.6 Å². The van der Waals surface area contributed by atoms with Gasteiger partial charge in [0, 0.05) is 22.6 Å². The molecule has 1 fully saturated rings. The van der Waals surface area contributed by atoms with Gasteiger partial charge in [-0.2, -0.15) is 0 Å². The molecule has 0 atom stereocenters. The normalized spacial score (nSPS) is 14.8. The molecule has 3 rings (SSSR count). The number of nitro groups is 1. The molecular weight excluding hydrogens is 450 g/mol. The third kappa shape index (κ3) is 5.76. The Balaban J connectivity index is 1.88. The molecule has 7 nitrogen and oxygen atoms in total. The van der Waals surface area contributed by atoms with Crippen LogP contribution in [-0.4, -0.2) is 22.8 Å². The minimum atomic E-state index is -0.501. The van der Waals surface area contributed by atoms with E-state index in [0.29, 0.717) is 15.6 Å². The molecule has 0 bridgehead atoms. The SMILES string of the molecule is O=C(NC1CCCCC1)C(=Cc1cccc([N+](=O)[O-])c1)NC(=O)c1ccccc1Br. The number of non-ortho nitro benzene ring substituents is 1. The van der Waals surface area contributed by atoms with Gasteiger partial charge in [-0.05, 0) is 52.5 Å². The van der Waals surface area contributed by atoms with Gasteiger partial charge in [-0.1, -0.05) is 43.5 Å². The Hall–Kier alpha value is -3.00. The second-order valence-corrected chi connectivity index (χ2v) is 8.01. The summed E-state index contributed by atoms with van der Waals surface area (Å²) in [4.78, 5) is 36.3. The summed E-state index contributed by atoms with van der Waals surface area (Å²) in [5.41, 5.74) is 0.785. The maximum Gasteiger partial charge on any atom is 0.270 e. The minimum Gasteiger partial charge on any atom is -0.348 e. The van der Waals surface area contributed by atoms with Gasteiger partial charge >= 0.3 is 0 Å². The zero-order valence-electron chi connectivity index (χ0n) is 16.3. The lowest BCUT2D eigenvalue weighted by Gasteiger charge is -2.23. The third-order valence-corrected chi connectivity index (χ3v) is 5.64. The predicted octanol–water partition coefficient (Wildman–Crippen LogP) is 4.58. The Morgan fingerprint density at radius 1 is 1.07 bits per heavy atom. The summed E-state index contributed by atoms with van der Waals surface area (Å²) < 4.78 is 0.602. The number of hydrogen-bond donors (Lipinski definition) is 2. The van der Waals surface area contributed by atoms with Crippen LogP contribution < -0.4 is 10.6 Å². The van der Waals surface area contributed by atoms with Gasteiger partial charge in [0.25, 0.3) is 17.5 Å². The van der Waals surface area contributed by atoms with Crippen LogP contribution in [0, 0.1) is 10.1 Å². The summed E-state index contributed by atoms with van der Waals surface area (Å²) in [5, 5.41) is 16.7. The highest BCUT2D eigenvalue weighted by Gasteiger charge is 2.21. The highest BCUT2D eigenvalue weighted by Crippen LogP contribution is 2.20. The number of carbonyl (C=O) groups is 2. The van der Waals surface area contributed by atoms with Crippen molar-refractivity contribution < 1.29 is 14.5 Å². The first-order valence-electron chi connectivity index (χ1n) is 9.77. The van der Waals surface area contributed by atoms with E-state index in [1.54, 1.807) is 30.3 Å². The van der Waals surface area contributed by atoms with E-state index in [4.69, 9.17) is 0 Å². The number of nitrogens with one attached hydrogen (secondary N) is 2. The molecule has 0 spiro atoms. The van der Waals surface area contributed by atoms with Gasteiger partial charge in [0.15, 0.2) is 0 Å². The highest BCUT2D eigenvalue weighted by atomic mass is 79.9. The second-order valence-electron chi connectivity index (χ2n) is 7.15. The van der Waals surface area contributed by atoms with E-state index in [2.05, 4.69) is 26.6 Å². The average molecular weight is 472 g/mol. The molecule has 0 aromatic heterocycles. The third-order valence-electron chi connectivity index (χ3n) is 4.94. The number of amides is 2. The average Bonchev–Trinajstić information content (AvgIpc) is 2.74. The molecule has 30 heavy (non-hydrogen) atoms. The smallest absolute Gasteiger partial charge is 0.270 e. The van der Waals surface area contributed by atoms with Crippen molar-refractivity contribution in [2.75, 3.05) is 0 Å². The molecule has 2 amide bonds. The lowest BCUT2D eigenvalue weighted by molar-refractivity contribution is -0.384. The van der Waals surface area contributed by atoms with Gasteiger partial charge in [-0.3, -0.25) is 19.7 Å². The molecule has 2 aromatic rings. The summed E-state index contributed by atoms with van der Waals surface area (Å²) in [6.07, 6.45) is 6.51. The monoisotopic (exact) mass is 471 g/mol. The van der Waals surface area contributed by atoms with Gasteiger partial charge in [0.05, 0.1) is 10.5 Å². The lowest BCUT2D eigenvalue weighted by atomic mass is 9.95. The van der Waals surface area contributed by atoms with E-state index in [1.165, 1.54) is 24.3 Å². The quantitative estimate of drug-likeness (QED) is 0.365. The van der Waals surface area contributed by atoms with Crippen molar-refractivity contribution in [2.45, 2.75) is 38.1 Å². The Bertz CT molecular complexity index is 984. The zero-order valence-corrected chi connectivity index (χ0v) is 17.9. The van der Waals surface area contributed by atoms with E-state index in [1.807, 2.05) is 0 Å². The van der Waals surface area contributed by atoms with Crippen LogP contribution in [0.4, 0.5) is 5.69 Å². The number of hydrogen-bond acceptors (Lipinski definition) is 4. The van der Waals surface area contributed by atoms with Crippen molar-refractivity contribution in [1.29, 1.82) is 0 Å². The summed E-state index contributed by atoms with van der Waals surface area (Å²) in [5.74, 6) is -0.855. The largest absolute Gasteiger partial charge is 0.348 e. The summed E-state index contributed by atoms with van der Waals surface area (Å²) in [7, 11) is 0. The number of rotatable bonds is 6. The first kappa shape index (κ1) is 21.7. The second kappa shape index (κ2) is 10.2. The Morgan fingerprint density at radius 3 is 2.50 bits per heavy atom. The molecule has 0 heterocycles. The van der Waals surface area contributed by atoms with Gasteiger partial charge in [-0.25, -0.2) is 0 Å². The van der Waals surface area contributed by atoms with E-state index in [-0.39, 0.29) is 17.4 Å². The van der Waals surface area contributed by atoms with Gasteiger partial charge in [0.2, 0.25) is 0 Å². The fraction of sp³-hybridized carbons (Fsp3) is 0.273. The zero-order chi connectivity index (χ0) is 21.5. The maximum atomic E-state index is 12.9. The number of benzene rings is 2. The minimum absolute atomic E-state index is 0.0434. The van der Waals surface area contributed by atoms with Gasteiger partial charge < -0.3 is 10.6 Å². The van der Waals surface area contributed by atoms with Crippen LogP contribution in [-0.2, 0) is 4.79 Å². The molecular formula is C22H22BrN3O4. The molecule has 2 aromatic carbocycles. The molecule has 0 radical (unpaired) electrons. The first-order valence-corrected chi connectivity index (χ1v) is 10.6. The van der Waals surface area contributed by atoms with Crippen LogP contribution in [0.5, 0.6) is 0 Å². The molecule has 0 saturated heterocycles. The first-order chi connectivity index (χ1) is 14.4. The Labute approximate surface area is 182 Å². The number of nitrogens with zero attached hydrogens (tertiary/aromatic N) is 1. The summed E-state index contributed by atoms with van der Waals surface area (Å²) in [6, 6.07) is 12.9. The molecule has 1 saturated carbocycles. The molecule has 8 heteroatoms. The molecule has 0 aliphatic heterocycles. The predicted molar refractivity (Wildman–Crippen MR) is 118 cm³/mol. The van der Waals surface area contributed by atoms with Crippen molar-refractivity contribution in [3.63, 3.8) is 0 Å². The fourth-order valence-electron chi connectivity index (χ4n) is 3.40. The highest BCUT2D eigenvalue weighted by molar-refractivity contribution is 9.10. The van der Waals surface area contributed by atoms with Crippen molar-refractivity contribution in [3.8, 4) is 0 Å². The molecule has 156 valence electrons. The molecule has 2 N–H and O–H groups in total. The molecule has 1 aliphatic rings. The summed E-state index contributed by atoms with van der Waals surface area (Å²) >= 11 is 3.34. The standard InChI is InChI=1S/C22H22BrN3O4/c23-19-12-5-4-11-18(19)21(27)25-20(22(28)24-16-8-2-1-3-9-16)14-15-7-6-10-17(13-15)26(29)30/h4-7,10-14,16H,1-3,8-9H2,(H,24,28)(H,25,27). The summed E-state index contributed by atoms with van der Waals surface area (Å²) in [6.45, 7) is 0. The van der Waals surface area contributed by atoms with Crippen molar-refractivity contribution in [2.24, 2.45) is 0 Å². The number of halogens is 1. The fourth-order valence-corrected chi connectivity index (χ4v) is 3.86. The van der Waals surface area contributed by atoms with Crippen molar-refractivity contribution in [3.05, 3.63) is 79.9 Å². The van der Waals surface area contributed by atoms with Crippen LogP contribution in [0.3, 0.4) is 0 Å². The molecule has 0 unspecified atom stereocenters. The van der Waals surface area contributed by atoms with Crippen LogP contribution in [0.1, 0.15) is 48.0 Å². The topological polar surface area (TPSA) is 101 Å². The van der Waals surface area contributed by atoms with E-state index >= 15 is 0 Å². The van der Waals surface area contributed by atoms with E-state index < -0.39 is 16.7 Å². The lowest BCUT2D eigenvalue weighted by Crippen LogP contribution is -2.41. The van der Waals surface area contributed by atoms with Gasteiger partial charge in [0.1, 0.15) is 5.70 Å². The van der Waals surface area contributed by atoms with Crippen molar-refractivity contribution >= 4 is 39.5 Å². The van der Waals surface area contributed by atoms with Crippen LogP contribution in [0.2, 0.25) is 0 Å². The van der Waals surface area contributed by atoms with Crippen LogP contribution in [0.25, 0.3) is 6.08 Å². The van der Waals surface area contributed by atoms with Crippen LogP contribution in [0.15, 0.2) is 58.7 Å².